The Morgan fingerprint density at radius 2 is 2.00 bits per heavy atom. The molecule has 0 N–H and O–H groups in total. The first-order chi connectivity index (χ1) is 14.4. The molecule has 5 rings (SSSR count). The van der Waals surface area contributed by atoms with Gasteiger partial charge in [-0.1, -0.05) is 68.0 Å². The second-order valence-electron chi connectivity index (χ2n) is 7.70. The van der Waals surface area contributed by atoms with Crippen LogP contribution in [0.25, 0.3) is 21.3 Å². The summed E-state index contributed by atoms with van der Waals surface area (Å²) < 4.78 is 7.76. The van der Waals surface area contributed by atoms with E-state index < -0.39 is 5.54 Å². The minimum Gasteiger partial charge on any atom is -0.460 e. The average molecular weight is 471 g/mol. The minimum atomic E-state index is -0.510. The lowest BCUT2D eigenvalue weighted by Crippen LogP contribution is -2.49. The number of aromatic nitrogens is 1. The predicted octanol–water partition coefficient (Wildman–Crippen LogP) is 6.78. The van der Waals surface area contributed by atoms with Crippen molar-refractivity contribution in [2.24, 2.45) is 0 Å². The molecule has 2 aromatic carbocycles. The number of carbonyl (C=O) groups is 1. The number of hydrogen-bond acceptors (Lipinski definition) is 7. The van der Waals surface area contributed by atoms with Gasteiger partial charge in [-0.3, -0.25) is 9.69 Å². The highest BCUT2D eigenvalue weighted by atomic mass is 32.9. The summed E-state index contributed by atoms with van der Waals surface area (Å²) in [4.78, 5) is 20.9. The monoisotopic (exact) mass is 470 g/mol. The van der Waals surface area contributed by atoms with E-state index in [1.165, 1.54) is 11.3 Å². The first kappa shape index (κ1) is 19.8. The van der Waals surface area contributed by atoms with Gasteiger partial charge in [0.2, 0.25) is 0 Å². The van der Waals surface area contributed by atoms with Crippen LogP contribution in [0.3, 0.4) is 0 Å². The van der Waals surface area contributed by atoms with E-state index in [1.807, 2.05) is 41.3 Å². The van der Waals surface area contributed by atoms with Crippen LogP contribution in [0.4, 0.5) is 5.69 Å². The maximum atomic E-state index is 13.4. The van der Waals surface area contributed by atoms with E-state index in [9.17, 15) is 4.79 Å². The molecule has 0 unspecified atom stereocenters. The molecule has 0 atom stereocenters. The summed E-state index contributed by atoms with van der Waals surface area (Å²) in [6.07, 6.45) is 0. The molecule has 0 bridgehead atoms. The molecular weight excluding hydrogens is 453 g/mol. The predicted molar refractivity (Wildman–Crippen MR) is 129 cm³/mol. The van der Waals surface area contributed by atoms with Crippen molar-refractivity contribution in [2.45, 2.75) is 26.3 Å². The zero-order valence-electron chi connectivity index (χ0n) is 16.6. The quantitative estimate of drug-likeness (QED) is 0.244. The van der Waals surface area contributed by atoms with Gasteiger partial charge in [-0.05, 0) is 45.0 Å². The molecule has 0 spiro atoms. The van der Waals surface area contributed by atoms with Gasteiger partial charge in [0.1, 0.15) is 3.82 Å². The zero-order chi connectivity index (χ0) is 21.0. The largest absolute Gasteiger partial charge is 0.460 e. The average Bonchev–Trinajstić information content (AvgIpc) is 3.30. The Hall–Kier alpha value is -2.13. The van der Waals surface area contributed by atoms with Crippen LogP contribution >= 0.6 is 44.2 Å². The van der Waals surface area contributed by atoms with Crippen molar-refractivity contribution < 1.29 is 9.53 Å². The fourth-order valence-electron chi connectivity index (χ4n) is 3.89. The number of aryl methyl sites for hydroxylation is 1. The molecule has 2 aromatic heterocycles. The molecule has 0 radical (unpaired) electrons. The van der Waals surface area contributed by atoms with Crippen LogP contribution in [0.15, 0.2) is 42.5 Å². The van der Waals surface area contributed by atoms with Crippen molar-refractivity contribution in [1.29, 1.82) is 0 Å². The Kier molecular flexibility index (Phi) is 4.77. The maximum absolute atomic E-state index is 13.4. The molecule has 8 heteroatoms. The normalized spacial score (nSPS) is 14.4. The zero-order valence-corrected chi connectivity index (χ0v) is 19.9. The van der Waals surface area contributed by atoms with E-state index >= 15 is 0 Å². The molecule has 3 heterocycles. The third kappa shape index (κ3) is 3.10. The van der Waals surface area contributed by atoms with Crippen molar-refractivity contribution in [3.05, 3.63) is 56.7 Å². The summed E-state index contributed by atoms with van der Waals surface area (Å²) in [7, 11) is 3.26. The molecule has 30 heavy (non-hydrogen) atoms. The first-order valence-electron chi connectivity index (χ1n) is 9.42. The van der Waals surface area contributed by atoms with Gasteiger partial charge in [0.15, 0.2) is 6.61 Å². The van der Waals surface area contributed by atoms with Crippen LogP contribution in [0.1, 0.15) is 24.3 Å². The van der Waals surface area contributed by atoms with Gasteiger partial charge < -0.3 is 4.74 Å². The topological polar surface area (TPSA) is 42.4 Å². The van der Waals surface area contributed by atoms with Crippen LogP contribution in [0.2, 0.25) is 0 Å². The Morgan fingerprint density at radius 3 is 2.80 bits per heavy atom. The smallest absolute Gasteiger partial charge is 0.274 e. The number of fused-ring (bicyclic) bond motifs is 4. The first-order valence-corrected chi connectivity index (χ1v) is 12.8. The highest BCUT2D eigenvalue weighted by molar-refractivity contribution is 7.80. The Labute approximate surface area is 190 Å². The third-order valence-corrected chi connectivity index (χ3v) is 9.53. The Bertz CT molecular complexity index is 1320. The van der Waals surface area contributed by atoms with Crippen molar-refractivity contribution in [1.82, 2.24) is 4.98 Å². The second kappa shape index (κ2) is 7.23. The molecule has 0 saturated heterocycles. The van der Waals surface area contributed by atoms with E-state index in [0.29, 0.717) is 5.19 Å². The van der Waals surface area contributed by atoms with Crippen molar-refractivity contribution in [2.75, 3.05) is 11.5 Å². The number of benzene rings is 2. The Morgan fingerprint density at radius 1 is 1.20 bits per heavy atom. The number of ether oxygens (including phenoxy) is 1. The van der Waals surface area contributed by atoms with Gasteiger partial charge in [-0.2, -0.15) is 0 Å². The van der Waals surface area contributed by atoms with E-state index in [-0.39, 0.29) is 12.5 Å². The highest BCUT2D eigenvalue weighted by Crippen LogP contribution is 2.52. The number of thiazole rings is 1. The number of amides is 1. The summed E-state index contributed by atoms with van der Waals surface area (Å²) in [5.74, 6) is -0.0978. The molecule has 0 aliphatic carbocycles. The lowest BCUT2D eigenvalue weighted by atomic mass is 9.87. The summed E-state index contributed by atoms with van der Waals surface area (Å²) in [5.41, 5.74) is 4.52. The number of hydrogen-bond donors (Lipinski definition) is 0. The van der Waals surface area contributed by atoms with Crippen LogP contribution in [-0.4, -0.2) is 17.5 Å². The second-order valence-corrected chi connectivity index (χ2v) is 11.5. The number of rotatable bonds is 3. The van der Waals surface area contributed by atoms with Crippen molar-refractivity contribution in [3.8, 4) is 16.3 Å². The number of para-hydroxylation sites is 1. The summed E-state index contributed by atoms with van der Waals surface area (Å²) in [6.45, 7) is 6.13. The summed E-state index contributed by atoms with van der Waals surface area (Å²) >= 11 is 7.09. The molecule has 1 aliphatic heterocycles. The van der Waals surface area contributed by atoms with Gasteiger partial charge in [0, 0.05) is 11.1 Å². The molecule has 1 aliphatic rings. The molecule has 1 amide bonds. The van der Waals surface area contributed by atoms with Gasteiger partial charge in [-0.15, -0.1) is 0 Å². The lowest BCUT2D eigenvalue weighted by Gasteiger charge is -2.42. The Balaban J connectivity index is 1.51. The van der Waals surface area contributed by atoms with Gasteiger partial charge >= 0.3 is 0 Å². The SMILES string of the molecule is Cc1ccc2c(c1)-c1c(ssc1=S)C(C)(C)N2C(=O)COc1nc2ccccc2s1. The standard InChI is InChI=1S/C22H18N2O2S4/c1-12-8-9-15-13(10-12)18-19(29-30-20(18)27)22(2,3)24(15)17(25)11-26-21-23-14-6-4-5-7-16(14)28-21/h4-10H,11H2,1-3H3. The van der Waals surface area contributed by atoms with Gasteiger partial charge in [0.25, 0.3) is 11.1 Å². The number of carbonyl (C=O) groups excluding carboxylic acids is 1. The third-order valence-electron chi connectivity index (χ3n) is 5.25. The van der Waals surface area contributed by atoms with E-state index in [4.69, 9.17) is 17.0 Å². The van der Waals surface area contributed by atoms with Crippen molar-refractivity contribution >= 4 is 66.0 Å². The molecule has 152 valence electrons. The lowest BCUT2D eigenvalue weighted by molar-refractivity contribution is -0.121. The molecule has 0 saturated carbocycles. The van der Waals surface area contributed by atoms with Gasteiger partial charge in [0.05, 0.1) is 26.3 Å². The van der Waals surface area contributed by atoms with E-state index in [2.05, 4.69) is 31.8 Å². The van der Waals surface area contributed by atoms with Crippen molar-refractivity contribution in [3.63, 3.8) is 0 Å². The number of anilines is 1. The molecular formula is C22H18N2O2S4. The summed E-state index contributed by atoms with van der Waals surface area (Å²) in [5, 5.41) is 0.510. The maximum Gasteiger partial charge on any atom is 0.274 e. The fourth-order valence-corrected chi connectivity index (χ4v) is 7.99. The van der Waals surface area contributed by atoms with Crippen LogP contribution in [0.5, 0.6) is 5.19 Å². The van der Waals surface area contributed by atoms with E-state index in [0.717, 1.165) is 41.3 Å². The van der Waals surface area contributed by atoms with Crippen LogP contribution in [-0.2, 0) is 10.3 Å². The van der Waals surface area contributed by atoms with Crippen LogP contribution < -0.4 is 9.64 Å². The molecule has 0 fully saturated rings. The minimum absolute atomic E-state index is 0.0680. The number of nitrogens with zero attached hydrogens (tertiary/aromatic N) is 2. The summed E-state index contributed by atoms with van der Waals surface area (Å²) in [6, 6.07) is 14.0. The van der Waals surface area contributed by atoms with Gasteiger partial charge in [-0.25, -0.2) is 4.98 Å². The van der Waals surface area contributed by atoms with Crippen LogP contribution in [0, 0.1) is 10.7 Å². The molecule has 4 nitrogen and oxygen atoms in total. The fraction of sp³-hybridized carbons (Fsp3) is 0.227. The molecule has 4 aromatic rings. The van der Waals surface area contributed by atoms with E-state index in [1.54, 1.807) is 20.7 Å². The highest BCUT2D eigenvalue weighted by Gasteiger charge is 2.43.